The zero-order chi connectivity index (χ0) is 17.8. The van der Waals surface area contributed by atoms with E-state index in [1.165, 1.54) is 6.42 Å². The number of ether oxygens (including phenoxy) is 1. The van der Waals surface area contributed by atoms with Crippen LogP contribution in [0.2, 0.25) is 0 Å². The molecule has 3 aliphatic rings. The minimum absolute atomic E-state index is 0.0134. The Morgan fingerprint density at radius 1 is 0.880 bits per heavy atom. The highest BCUT2D eigenvalue weighted by Gasteiger charge is 2.43. The summed E-state index contributed by atoms with van der Waals surface area (Å²) in [5.74, 6) is -0.178. The van der Waals surface area contributed by atoms with Gasteiger partial charge in [-0.25, -0.2) is 4.79 Å². The van der Waals surface area contributed by atoms with E-state index in [0.29, 0.717) is 0 Å². The van der Waals surface area contributed by atoms with E-state index in [1.807, 2.05) is 0 Å². The summed E-state index contributed by atoms with van der Waals surface area (Å²) in [5, 5.41) is 28.6. The predicted molar refractivity (Wildman–Crippen MR) is 89.9 cm³/mol. The normalized spacial score (nSPS) is 33.0. The SMILES string of the molecule is O=C(CC1OC(CNC(=O)NC2CCCCC2)C(O)C1O)NC1CC1. The van der Waals surface area contributed by atoms with Crippen LogP contribution in [0.1, 0.15) is 51.4 Å². The molecule has 5 N–H and O–H groups in total. The molecular formula is C17H29N3O5. The molecule has 3 fully saturated rings. The molecule has 2 saturated carbocycles. The highest BCUT2D eigenvalue weighted by atomic mass is 16.5. The van der Waals surface area contributed by atoms with Gasteiger partial charge in [0, 0.05) is 18.6 Å². The topological polar surface area (TPSA) is 120 Å². The van der Waals surface area contributed by atoms with Crippen LogP contribution in [0.3, 0.4) is 0 Å². The summed E-state index contributed by atoms with van der Waals surface area (Å²) in [6.07, 6.45) is 3.75. The molecule has 1 heterocycles. The van der Waals surface area contributed by atoms with Crippen LogP contribution in [0.4, 0.5) is 4.79 Å². The van der Waals surface area contributed by atoms with Gasteiger partial charge in [-0.15, -0.1) is 0 Å². The van der Waals surface area contributed by atoms with Gasteiger partial charge in [-0.1, -0.05) is 19.3 Å². The van der Waals surface area contributed by atoms with Gasteiger partial charge in [0.15, 0.2) is 0 Å². The predicted octanol–water partition coefficient (Wildman–Crippen LogP) is -0.224. The van der Waals surface area contributed by atoms with Crippen LogP contribution in [0, 0.1) is 0 Å². The summed E-state index contributed by atoms with van der Waals surface area (Å²) >= 11 is 0. The van der Waals surface area contributed by atoms with Gasteiger partial charge in [-0.05, 0) is 25.7 Å². The van der Waals surface area contributed by atoms with Crippen LogP contribution in [0.25, 0.3) is 0 Å². The molecular weight excluding hydrogens is 326 g/mol. The first kappa shape index (κ1) is 18.4. The Labute approximate surface area is 147 Å². The molecule has 0 radical (unpaired) electrons. The lowest BCUT2D eigenvalue weighted by molar-refractivity contribution is -0.125. The first-order valence-electron chi connectivity index (χ1n) is 9.38. The average molecular weight is 355 g/mol. The van der Waals surface area contributed by atoms with Crippen LogP contribution in [-0.4, -0.2) is 65.2 Å². The number of carbonyl (C=O) groups excluding carboxylic acids is 2. The van der Waals surface area contributed by atoms with Crippen molar-refractivity contribution < 1.29 is 24.5 Å². The van der Waals surface area contributed by atoms with Crippen molar-refractivity contribution in [1.29, 1.82) is 0 Å². The lowest BCUT2D eigenvalue weighted by Crippen LogP contribution is -2.47. The number of amides is 3. The van der Waals surface area contributed by atoms with E-state index in [9.17, 15) is 19.8 Å². The number of aliphatic hydroxyl groups excluding tert-OH is 2. The molecule has 1 aliphatic heterocycles. The van der Waals surface area contributed by atoms with Crippen LogP contribution < -0.4 is 16.0 Å². The maximum absolute atomic E-state index is 12.0. The Balaban J connectivity index is 1.39. The minimum Gasteiger partial charge on any atom is -0.388 e. The zero-order valence-electron chi connectivity index (χ0n) is 14.4. The smallest absolute Gasteiger partial charge is 0.315 e. The summed E-state index contributed by atoms with van der Waals surface area (Å²) in [7, 11) is 0. The summed E-state index contributed by atoms with van der Waals surface area (Å²) in [4.78, 5) is 23.8. The molecule has 4 unspecified atom stereocenters. The molecule has 0 spiro atoms. The third-order valence-corrected chi connectivity index (χ3v) is 5.19. The first-order chi connectivity index (χ1) is 12.0. The molecule has 4 atom stereocenters. The lowest BCUT2D eigenvalue weighted by atomic mass is 9.96. The standard InChI is InChI=1S/C17H29N3O5/c21-14(19-11-6-7-11)8-12-15(22)16(23)13(25-12)9-18-17(24)20-10-4-2-1-3-5-10/h10-13,15-16,22-23H,1-9H2,(H,19,21)(H2,18,20,24). The highest BCUT2D eigenvalue weighted by molar-refractivity contribution is 5.77. The van der Waals surface area contributed by atoms with Gasteiger partial charge in [0.05, 0.1) is 12.5 Å². The van der Waals surface area contributed by atoms with Gasteiger partial charge in [-0.3, -0.25) is 4.79 Å². The van der Waals surface area contributed by atoms with Crippen LogP contribution in [0.5, 0.6) is 0 Å². The van der Waals surface area contributed by atoms with E-state index >= 15 is 0 Å². The van der Waals surface area contributed by atoms with Crippen molar-refractivity contribution in [3.05, 3.63) is 0 Å². The second-order valence-corrected chi connectivity index (χ2v) is 7.43. The van der Waals surface area contributed by atoms with Gasteiger partial charge in [0.25, 0.3) is 0 Å². The maximum atomic E-state index is 12.0. The number of nitrogens with one attached hydrogen (secondary N) is 3. The van der Waals surface area contributed by atoms with Crippen molar-refractivity contribution in [3.63, 3.8) is 0 Å². The minimum atomic E-state index is -1.13. The molecule has 0 aromatic heterocycles. The van der Waals surface area contributed by atoms with E-state index in [1.54, 1.807) is 0 Å². The first-order valence-corrected chi connectivity index (χ1v) is 9.38. The van der Waals surface area contributed by atoms with Crippen molar-refractivity contribution in [3.8, 4) is 0 Å². The van der Waals surface area contributed by atoms with Gasteiger partial charge in [-0.2, -0.15) is 0 Å². The number of carbonyl (C=O) groups is 2. The molecule has 0 bridgehead atoms. The van der Waals surface area contributed by atoms with Gasteiger partial charge in [0.1, 0.15) is 18.3 Å². The highest BCUT2D eigenvalue weighted by Crippen LogP contribution is 2.24. The van der Waals surface area contributed by atoms with E-state index < -0.39 is 24.4 Å². The van der Waals surface area contributed by atoms with Crippen molar-refractivity contribution in [1.82, 2.24) is 16.0 Å². The number of hydrogen-bond donors (Lipinski definition) is 5. The maximum Gasteiger partial charge on any atom is 0.315 e. The van der Waals surface area contributed by atoms with Crippen LogP contribution in [0.15, 0.2) is 0 Å². The number of hydrogen-bond acceptors (Lipinski definition) is 5. The molecule has 25 heavy (non-hydrogen) atoms. The number of urea groups is 1. The fraction of sp³-hybridized carbons (Fsp3) is 0.882. The monoisotopic (exact) mass is 355 g/mol. The summed E-state index contributed by atoms with van der Waals surface area (Å²) < 4.78 is 5.60. The van der Waals surface area contributed by atoms with E-state index in [-0.39, 0.29) is 37.0 Å². The van der Waals surface area contributed by atoms with Crippen molar-refractivity contribution in [2.24, 2.45) is 0 Å². The van der Waals surface area contributed by atoms with Gasteiger partial charge >= 0.3 is 6.03 Å². The molecule has 2 aliphatic carbocycles. The summed E-state index contributed by atoms with van der Waals surface area (Å²) in [6, 6.07) is 0.164. The molecule has 8 heteroatoms. The molecule has 3 amide bonds. The molecule has 0 aromatic rings. The number of aliphatic hydroxyl groups is 2. The molecule has 142 valence electrons. The Morgan fingerprint density at radius 3 is 2.20 bits per heavy atom. The average Bonchev–Trinajstić information content (AvgIpc) is 3.36. The second-order valence-electron chi connectivity index (χ2n) is 7.43. The van der Waals surface area contributed by atoms with Gasteiger partial charge < -0.3 is 30.9 Å². The molecule has 0 aromatic carbocycles. The summed E-state index contributed by atoms with van der Waals surface area (Å²) in [5.41, 5.74) is 0. The molecule has 8 nitrogen and oxygen atoms in total. The molecule has 1 saturated heterocycles. The fourth-order valence-corrected chi connectivity index (χ4v) is 3.54. The quantitative estimate of drug-likeness (QED) is 0.451. The van der Waals surface area contributed by atoms with Crippen molar-refractivity contribution >= 4 is 11.9 Å². The third-order valence-electron chi connectivity index (χ3n) is 5.19. The van der Waals surface area contributed by atoms with Crippen LogP contribution >= 0.6 is 0 Å². The van der Waals surface area contributed by atoms with Crippen molar-refractivity contribution in [2.45, 2.75) is 87.9 Å². The zero-order valence-corrected chi connectivity index (χ0v) is 14.4. The van der Waals surface area contributed by atoms with E-state index in [0.717, 1.165) is 38.5 Å². The van der Waals surface area contributed by atoms with E-state index in [4.69, 9.17) is 4.74 Å². The Morgan fingerprint density at radius 2 is 1.52 bits per heavy atom. The van der Waals surface area contributed by atoms with Crippen LogP contribution in [-0.2, 0) is 9.53 Å². The lowest BCUT2D eigenvalue weighted by Gasteiger charge is -2.23. The largest absolute Gasteiger partial charge is 0.388 e. The Bertz CT molecular complexity index is 479. The Hall–Kier alpha value is -1.38. The summed E-state index contributed by atoms with van der Waals surface area (Å²) in [6.45, 7) is 0.0948. The Kier molecular flexibility index (Phi) is 6.14. The molecule has 3 rings (SSSR count). The number of rotatable bonds is 6. The van der Waals surface area contributed by atoms with Crippen molar-refractivity contribution in [2.75, 3.05) is 6.54 Å². The fourth-order valence-electron chi connectivity index (χ4n) is 3.54. The van der Waals surface area contributed by atoms with E-state index in [2.05, 4.69) is 16.0 Å². The van der Waals surface area contributed by atoms with Gasteiger partial charge in [0.2, 0.25) is 5.91 Å². The second kappa shape index (κ2) is 8.33. The third kappa shape index (κ3) is 5.29.